The van der Waals surface area contributed by atoms with Crippen LogP contribution in [-0.2, 0) is 14.9 Å². The molecule has 8 heteroatoms. The molecule has 0 saturated heterocycles. The van der Waals surface area contributed by atoms with Gasteiger partial charge in [-0.2, -0.15) is 8.42 Å². The predicted octanol–water partition coefficient (Wildman–Crippen LogP) is 2.29. The van der Waals surface area contributed by atoms with E-state index in [1.165, 1.54) is 18.2 Å². The predicted molar refractivity (Wildman–Crippen MR) is 95.7 cm³/mol. The zero-order valence-electron chi connectivity index (χ0n) is 14.2. The highest BCUT2D eigenvalue weighted by Gasteiger charge is 2.30. The number of benzene rings is 2. The highest BCUT2D eigenvalue weighted by Crippen LogP contribution is 2.28. The summed E-state index contributed by atoms with van der Waals surface area (Å²) in [4.78, 5) is 37.3. The maximum atomic E-state index is 12.6. The summed E-state index contributed by atoms with van der Waals surface area (Å²) in [5.41, 5.74) is 1.15. The van der Waals surface area contributed by atoms with Crippen molar-refractivity contribution in [2.24, 2.45) is 0 Å². The van der Waals surface area contributed by atoms with Gasteiger partial charge in [0, 0.05) is 22.3 Å². The number of hydrogen-bond acceptors (Lipinski definition) is 6. The molecule has 2 aromatic rings. The van der Waals surface area contributed by atoms with Crippen LogP contribution in [0.1, 0.15) is 55.0 Å². The summed E-state index contributed by atoms with van der Waals surface area (Å²) >= 11 is 0. The van der Waals surface area contributed by atoms with Crippen molar-refractivity contribution < 1.29 is 32.1 Å². The smallest absolute Gasteiger partial charge is 0.338 e. The Morgan fingerprint density at radius 3 is 2.11 bits per heavy atom. The fourth-order valence-electron chi connectivity index (χ4n) is 2.86. The second-order valence-electron chi connectivity index (χ2n) is 6.09. The van der Waals surface area contributed by atoms with E-state index in [1.807, 2.05) is 0 Å². The SMILES string of the molecule is O=C(OCCCCS(=O)(=O)O)c1ccc2c(c1)C(=O)c1ccccc1C2=O. The Morgan fingerprint density at radius 1 is 0.889 bits per heavy atom. The van der Waals surface area contributed by atoms with Crippen molar-refractivity contribution in [1.82, 2.24) is 0 Å². The van der Waals surface area contributed by atoms with Gasteiger partial charge in [0.15, 0.2) is 11.6 Å². The van der Waals surface area contributed by atoms with Crippen LogP contribution in [0.25, 0.3) is 0 Å². The highest BCUT2D eigenvalue weighted by atomic mass is 32.2. The Kier molecular flexibility index (Phi) is 5.20. The van der Waals surface area contributed by atoms with Gasteiger partial charge in [-0.05, 0) is 31.0 Å². The van der Waals surface area contributed by atoms with E-state index in [-0.39, 0.29) is 47.7 Å². The Bertz CT molecular complexity index is 1040. The van der Waals surface area contributed by atoms with E-state index in [0.717, 1.165) is 0 Å². The second kappa shape index (κ2) is 7.42. The van der Waals surface area contributed by atoms with Crippen molar-refractivity contribution in [3.63, 3.8) is 0 Å². The highest BCUT2D eigenvalue weighted by molar-refractivity contribution is 7.85. The summed E-state index contributed by atoms with van der Waals surface area (Å²) in [5, 5.41) is 0. The maximum Gasteiger partial charge on any atom is 0.338 e. The average molecular weight is 388 g/mol. The minimum absolute atomic E-state index is 0.0266. The van der Waals surface area contributed by atoms with E-state index in [9.17, 15) is 22.8 Å². The van der Waals surface area contributed by atoms with Gasteiger partial charge >= 0.3 is 5.97 Å². The molecule has 2 aromatic carbocycles. The normalized spacial score (nSPS) is 13.1. The fraction of sp³-hybridized carbons (Fsp3) is 0.211. The summed E-state index contributed by atoms with van der Waals surface area (Å²) in [5.74, 6) is -1.68. The lowest BCUT2D eigenvalue weighted by molar-refractivity contribution is 0.0499. The van der Waals surface area contributed by atoms with Gasteiger partial charge in [0.25, 0.3) is 10.1 Å². The number of ether oxygens (including phenoxy) is 1. The Balaban J connectivity index is 1.72. The van der Waals surface area contributed by atoms with Crippen molar-refractivity contribution in [1.29, 1.82) is 0 Å². The number of carbonyl (C=O) groups is 3. The Labute approximate surface area is 155 Å². The molecule has 140 valence electrons. The van der Waals surface area contributed by atoms with E-state index in [1.54, 1.807) is 24.3 Å². The molecule has 0 radical (unpaired) electrons. The first-order chi connectivity index (χ1) is 12.8. The topological polar surface area (TPSA) is 115 Å². The maximum absolute atomic E-state index is 12.6. The third-order valence-electron chi connectivity index (χ3n) is 4.19. The van der Waals surface area contributed by atoms with Gasteiger partial charge in [-0.3, -0.25) is 14.1 Å². The molecule has 0 heterocycles. The van der Waals surface area contributed by atoms with E-state index in [4.69, 9.17) is 9.29 Å². The first-order valence-electron chi connectivity index (χ1n) is 8.23. The minimum atomic E-state index is -4.03. The van der Waals surface area contributed by atoms with E-state index in [2.05, 4.69) is 0 Å². The second-order valence-corrected chi connectivity index (χ2v) is 7.67. The number of fused-ring (bicyclic) bond motifs is 2. The molecule has 0 amide bonds. The van der Waals surface area contributed by atoms with Crippen LogP contribution < -0.4 is 0 Å². The van der Waals surface area contributed by atoms with Gasteiger partial charge in [0.2, 0.25) is 0 Å². The molecule has 0 atom stereocenters. The summed E-state index contributed by atoms with van der Waals surface area (Å²) < 4.78 is 34.9. The molecule has 0 bridgehead atoms. The quantitative estimate of drug-likeness (QED) is 0.391. The molecule has 0 unspecified atom stereocenters. The minimum Gasteiger partial charge on any atom is -0.462 e. The molecule has 27 heavy (non-hydrogen) atoms. The van der Waals surface area contributed by atoms with Crippen LogP contribution >= 0.6 is 0 Å². The Morgan fingerprint density at radius 2 is 1.48 bits per heavy atom. The van der Waals surface area contributed by atoms with Crippen LogP contribution in [0.2, 0.25) is 0 Å². The van der Waals surface area contributed by atoms with Gasteiger partial charge < -0.3 is 4.74 Å². The van der Waals surface area contributed by atoms with Gasteiger partial charge in [-0.25, -0.2) is 4.79 Å². The fourth-order valence-corrected chi connectivity index (χ4v) is 3.43. The Hall–Kier alpha value is -2.84. The van der Waals surface area contributed by atoms with Crippen molar-refractivity contribution in [3.8, 4) is 0 Å². The molecule has 0 fully saturated rings. The lowest BCUT2D eigenvalue weighted by Gasteiger charge is -2.17. The van der Waals surface area contributed by atoms with Gasteiger partial charge in [-0.15, -0.1) is 0 Å². The molecule has 1 N–H and O–H groups in total. The summed E-state index contributed by atoms with van der Waals surface area (Å²) in [7, 11) is -4.03. The average Bonchev–Trinajstić information content (AvgIpc) is 2.64. The lowest BCUT2D eigenvalue weighted by atomic mass is 9.83. The van der Waals surface area contributed by atoms with Crippen LogP contribution in [0.15, 0.2) is 42.5 Å². The van der Waals surface area contributed by atoms with Crippen molar-refractivity contribution in [2.75, 3.05) is 12.4 Å². The first-order valence-corrected chi connectivity index (χ1v) is 9.83. The molecule has 0 spiro atoms. The van der Waals surface area contributed by atoms with Crippen molar-refractivity contribution >= 4 is 27.7 Å². The first kappa shape index (κ1) is 18.9. The van der Waals surface area contributed by atoms with Gasteiger partial charge in [0.05, 0.1) is 17.9 Å². The van der Waals surface area contributed by atoms with E-state index < -0.39 is 21.8 Å². The third-order valence-corrected chi connectivity index (χ3v) is 5.00. The monoisotopic (exact) mass is 388 g/mol. The largest absolute Gasteiger partial charge is 0.462 e. The van der Waals surface area contributed by atoms with Crippen LogP contribution in [0, 0.1) is 0 Å². The van der Waals surface area contributed by atoms with Crippen LogP contribution in [-0.4, -0.2) is 42.9 Å². The third kappa shape index (κ3) is 4.12. The number of carbonyl (C=O) groups excluding carboxylic acids is 3. The molecule has 0 aromatic heterocycles. The number of ketones is 2. The molecular formula is C19H16O7S. The van der Waals surface area contributed by atoms with Gasteiger partial charge in [-0.1, -0.05) is 24.3 Å². The van der Waals surface area contributed by atoms with E-state index in [0.29, 0.717) is 11.1 Å². The molecule has 7 nitrogen and oxygen atoms in total. The molecule has 0 saturated carbocycles. The standard InChI is InChI=1S/C19H16O7S/c20-17-13-5-1-2-6-14(13)18(21)16-11-12(7-8-15(16)17)19(22)26-9-3-4-10-27(23,24)25/h1-2,5-8,11H,3-4,9-10H2,(H,23,24,25). The van der Waals surface area contributed by atoms with Crippen LogP contribution in [0.5, 0.6) is 0 Å². The van der Waals surface area contributed by atoms with Gasteiger partial charge in [0.1, 0.15) is 0 Å². The zero-order chi connectivity index (χ0) is 19.6. The molecular weight excluding hydrogens is 372 g/mol. The molecule has 1 aliphatic rings. The molecule has 3 rings (SSSR count). The van der Waals surface area contributed by atoms with E-state index >= 15 is 0 Å². The molecule has 1 aliphatic carbocycles. The van der Waals surface area contributed by atoms with Crippen molar-refractivity contribution in [3.05, 3.63) is 70.3 Å². The number of unbranched alkanes of at least 4 members (excludes halogenated alkanes) is 1. The molecule has 0 aliphatic heterocycles. The summed E-state index contributed by atoms with van der Waals surface area (Å²) in [6.07, 6.45) is 0.418. The lowest BCUT2D eigenvalue weighted by Crippen LogP contribution is -2.21. The number of esters is 1. The summed E-state index contributed by atoms with van der Waals surface area (Å²) in [6.45, 7) is -0.0266. The zero-order valence-corrected chi connectivity index (χ0v) is 15.0. The number of rotatable bonds is 6. The van der Waals surface area contributed by atoms with Crippen molar-refractivity contribution in [2.45, 2.75) is 12.8 Å². The summed E-state index contributed by atoms with van der Waals surface area (Å²) in [6, 6.07) is 10.7. The van der Waals surface area contributed by atoms with Crippen LogP contribution in [0.4, 0.5) is 0 Å². The number of hydrogen-bond donors (Lipinski definition) is 1. The van der Waals surface area contributed by atoms with Crippen LogP contribution in [0.3, 0.4) is 0 Å².